The highest BCUT2D eigenvalue weighted by Crippen LogP contribution is 2.23. The number of likely N-dealkylation sites (N-methyl/N-ethyl adjacent to an activating group) is 1. The van der Waals surface area contributed by atoms with E-state index in [1.807, 2.05) is 6.92 Å². The molecular weight excluding hydrogens is 304 g/mol. The van der Waals surface area contributed by atoms with E-state index in [9.17, 15) is 10.1 Å². The molecule has 0 bridgehead atoms. The van der Waals surface area contributed by atoms with Crippen LogP contribution in [-0.2, 0) is 6.54 Å². The summed E-state index contributed by atoms with van der Waals surface area (Å²) in [5, 5.41) is 13.4. The van der Waals surface area contributed by atoms with Crippen LogP contribution >= 0.6 is 22.9 Å². The van der Waals surface area contributed by atoms with E-state index in [-0.39, 0.29) is 0 Å². The highest BCUT2D eigenvalue weighted by Gasteiger charge is 2.36. The molecule has 0 spiro atoms. The summed E-state index contributed by atoms with van der Waals surface area (Å²) in [6.07, 6.45) is 1.65. The lowest BCUT2D eigenvalue weighted by Gasteiger charge is -2.43. The Morgan fingerprint density at radius 1 is 1.70 bits per heavy atom. The number of nitrogens with zero attached hydrogens (tertiary/aromatic N) is 5. The largest absolute Gasteiger partial charge is 0.339 e. The molecule has 0 radical (unpaired) electrons. The predicted molar refractivity (Wildman–Crippen MR) is 77.2 cm³/mol. The van der Waals surface area contributed by atoms with Crippen molar-refractivity contribution in [2.45, 2.75) is 19.0 Å². The first-order valence-corrected chi connectivity index (χ1v) is 7.04. The Morgan fingerprint density at radius 3 is 2.95 bits per heavy atom. The third-order valence-electron chi connectivity index (χ3n) is 2.82. The zero-order valence-electron chi connectivity index (χ0n) is 11.1. The maximum absolute atomic E-state index is 10.7. The summed E-state index contributed by atoms with van der Waals surface area (Å²) in [4.78, 5) is 19.0. The molecule has 1 saturated heterocycles. The Balaban J connectivity index is 2.26. The number of nitro groups is 1. The molecule has 1 aliphatic rings. The summed E-state index contributed by atoms with van der Waals surface area (Å²) in [7, 11) is 1.74. The van der Waals surface area contributed by atoms with Crippen LogP contribution in [0.3, 0.4) is 0 Å². The fourth-order valence-corrected chi connectivity index (χ4v) is 3.29. The highest BCUT2D eigenvalue weighted by molar-refractivity contribution is 7.15. The molecule has 1 atom stereocenters. The molecule has 1 aromatic rings. The minimum Gasteiger partial charge on any atom is -0.339 e. The molecule has 0 amide bonds. The van der Waals surface area contributed by atoms with Gasteiger partial charge in [0.2, 0.25) is 0 Å². The van der Waals surface area contributed by atoms with Gasteiger partial charge in [0, 0.05) is 36.8 Å². The number of hydrogen-bond donors (Lipinski definition) is 1. The Morgan fingerprint density at radius 2 is 2.40 bits per heavy atom. The van der Waals surface area contributed by atoms with Crippen molar-refractivity contribution in [3.63, 3.8) is 0 Å². The first-order valence-electron chi connectivity index (χ1n) is 5.85. The van der Waals surface area contributed by atoms with Gasteiger partial charge in [-0.25, -0.2) is 15.1 Å². The predicted octanol–water partition coefficient (Wildman–Crippen LogP) is 0.809. The van der Waals surface area contributed by atoms with Crippen molar-refractivity contribution in [2.75, 3.05) is 20.1 Å². The first-order chi connectivity index (χ1) is 9.27. The number of guanidine groups is 1. The molecule has 1 fully saturated rings. The van der Waals surface area contributed by atoms with Crippen LogP contribution in [-0.4, -0.2) is 51.5 Å². The minimum atomic E-state index is -0.697. The van der Waals surface area contributed by atoms with Crippen LogP contribution in [0, 0.1) is 10.1 Å². The van der Waals surface area contributed by atoms with Gasteiger partial charge in [-0.15, -0.1) is 11.3 Å². The molecule has 8 nitrogen and oxygen atoms in total. The molecule has 110 valence electrons. The van der Waals surface area contributed by atoms with E-state index in [0.717, 1.165) is 4.88 Å². The number of nitrogens with two attached hydrogens (primary N) is 1. The quantitative estimate of drug-likeness (QED) is 0.653. The lowest BCUT2D eigenvalue weighted by atomic mass is 10.0. The fourth-order valence-electron chi connectivity index (χ4n) is 2.29. The normalized spacial score (nSPS) is 25.3. The smallest absolute Gasteiger partial charge is 0.274 e. The van der Waals surface area contributed by atoms with Crippen molar-refractivity contribution in [2.24, 2.45) is 10.8 Å². The second kappa shape index (κ2) is 5.51. The van der Waals surface area contributed by atoms with Crippen molar-refractivity contribution < 1.29 is 5.03 Å². The van der Waals surface area contributed by atoms with Gasteiger partial charge in [0.1, 0.15) is 5.10 Å². The van der Waals surface area contributed by atoms with Crippen LogP contribution < -0.4 is 5.73 Å². The highest BCUT2D eigenvalue weighted by atomic mass is 35.5. The average Bonchev–Trinajstić information content (AvgIpc) is 2.68. The molecule has 2 N–H and O–H groups in total. The lowest BCUT2D eigenvalue weighted by molar-refractivity contribution is -0.486. The van der Waals surface area contributed by atoms with E-state index in [1.54, 1.807) is 23.0 Å². The van der Waals surface area contributed by atoms with Gasteiger partial charge in [-0.1, -0.05) is 11.6 Å². The van der Waals surface area contributed by atoms with Crippen LogP contribution in [0.1, 0.15) is 11.8 Å². The van der Waals surface area contributed by atoms with Crippen molar-refractivity contribution in [1.82, 2.24) is 14.8 Å². The van der Waals surface area contributed by atoms with E-state index in [0.29, 0.717) is 30.1 Å². The van der Waals surface area contributed by atoms with Gasteiger partial charge in [-0.3, -0.25) is 0 Å². The third-order valence-corrected chi connectivity index (χ3v) is 3.92. The molecular formula is C10H15ClN6O2S. The Labute approximate surface area is 125 Å². The summed E-state index contributed by atoms with van der Waals surface area (Å²) in [6, 6.07) is 0. The molecule has 2 rings (SSSR count). The van der Waals surface area contributed by atoms with E-state index < -0.39 is 10.6 Å². The van der Waals surface area contributed by atoms with E-state index in [2.05, 4.69) is 10.1 Å². The van der Waals surface area contributed by atoms with Gasteiger partial charge in [0.05, 0.1) is 6.54 Å². The number of aromatic nitrogens is 1. The number of thiazole rings is 1. The number of halogens is 1. The number of hydrogen-bond acceptors (Lipinski definition) is 5. The summed E-state index contributed by atoms with van der Waals surface area (Å²) in [5.74, 6) is 0.294. The fraction of sp³-hybridized carbons (Fsp3) is 0.600. The second-order valence-corrected chi connectivity index (χ2v) is 6.78. The first kappa shape index (κ1) is 14.9. The van der Waals surface area contributed by atoms with Crippen LogP contribution in [0.15, 0.2) is 11.3 Å². The maximum Gasteiger partial charge on any atom is 0.274 e. The lowest BCUT2D eigenvalue weighted by Crippen LogP contribution is -2.64. The van der Waals surface area contributed by atoms with Gasteiger partial charge >= 0.3 is 0 Å². The monoisotopic (exact) mass is 318 g/mol. The second-order valence-electron chi connectivity index (χ2n) is 5.08. The molecule has 1 aliphatic heterocycles. The average molecular weight is 319 g/mol. The summed E-state index contributed by atoms with van der Waals surface area (Å²) in [6.45, 7) is 3.31. The number of hydrazone groups is 1. The van der Waals surface area contributed by atoms with Crippen molar-refractivity contribution in [3.05, 3.63) is 25.7 Å². The van der Waals surface area contributed by atoms with Crippen LogP contribution in [0.2, 0.25) is 4.47 Å². The van der Waals surface area contributed by atoms with E-state index in [4.69, 9.17) is 17.3 Å². The minimum absolute atomic E-state index is 0.294. The molecule has 20 heavy (non-hydrogen) atoms. The Kier molecular flexibility index (Phi) is 4.11. The van der Waals surface area contributed by atoms with Crippen molar-refractivity contribution in [3.8, 4) is 0 Å². The SMILES string of the molecule is CN1CC(C)(N)CN(Cc2cnc(Cl)s2)/C1=N/[N+](=O)[O-]. The van der Waals surface area contributed by atoms with Crippen LogP contribution in [0.25, 0.3) is 0 Å². The third kappa shape index (κ3) is 3.56. The van der Waals surface area contributed by atoms with Gasteiger partial charge in [0.15, 0.2) is 9.50 Å². The summed E-state index contributed by atoms with van der Waals surface area (Å²) in [5.41, 5.74) is 5.69. The van der Waals surface area contributed by atoms with Gasteiger partial charge in [-0.2, -0.15) is 0 Å². The zero-order chi connectivity index (χ0) is 14.9. The van der Waals surface area contributed by atoms with E-state index >= 15 is 0 Å². The molecule has 10 heteroatoms. The zero-order valence-corrected chi connectivity index (χ0v) is 12.7. The molecule has 0 aliphatic carbocycles. The Bertz CT molecular complexity index is 546. The summed E-state index contributed by atoms with van der Waals surface area (Å²) >= 11 is 7.13. The molecule has 1 unspecified atom stereocenters. The molecule has 1 aromatic heterocycles. The molecule has 2 heterocycles. The van der Waals surface area contributed by atoms with Gasteiger partial charge in [-0.05, 0) is 6.92 Å². The van der Waals surface area contributed by atoms with E-state index in [1.165, 1.54) is 11.3 Å². The van der Waals surface area contributed by atoms with Crippen LogP contribution in [0.5, 0.6) is 0 Å². The van der Waals surface area contributed by atoms with Gasteiger partial charge < -0.3 is 15.5 Å². The van der Waals surface area contributed by atoms with Crippen molar-refractivity contribution in [1.29, 1.82) is 0 Å². The van der Waals surface area contributed by atoms with Crippen molar-refractivity contribution >= 4 is 28.9 Å². The van der Waals surface area contributed by atoms with Crippen LogP contribution in [0.4, 0.5) is 0 Å². The molecule has 0 saturated carbocycles. The molecule has 0 aromatic carbocycles. The topological polar surface area (TPSA) is 101 Å². The standard InChI is InChI=1S/C10H15ClN6O2S/c1-10(12)5-15(2)9(14-17(18)19)16(6-10)4-7-3-13-8(11)20-7/h3H,4-6,12H2,1-2H3/b14-9+. The number of rotatable bonds is 3. The maximum atomic E-state index is 10.7. The van der Waals surface area contributed by atoms with Gasteiger partial charge in [0.25, 0.3) is 5.96 Å². The summed E-state index contributed by atoms with van der Waals surface area (Å²) < 4.78 is 0.439. The Hall–Kier alpha value is -1.45.